The van der Waals surface area contributed by atoms with Gasteiger partial charge in [0.05, 0.1) is 38.6 Å². The number of nitrogens with one attached hydrogen (secondary N) is 1. The zero-order chi connectivity index (χ0) is 71.8. The summed E-state index contributed by atoms with van der Waals surface area (Å²) in [6.07, 6.45) is 53.8. The maximum absolute atomic E-state index is 13.5. The van der Waals surface area contributed by atoms with Crippen molar-refractivity contribution in [3.05, 3.63) is 97.2 Å². The first-order valence-electron chi connectivity index (χ1n) is 39.0. The van der Waals surface area contributed by atoms with Crippen LogP contribution in [0.15, 0.2) is 97.2 Å². The zero-order valence-corrected chi connectivity index (χ0v) is 60.9. The molecule has 19 heteroatoms. The summed E-state index contributed by atoms with van der Waals surface area (Å²) in [4.78, 5) is 13.5. The van der Waals surface area contributed by atoms with Crippen molar-refractivity contribution >= 4 is 5.91 Å². The lowest BCUT2D eigenvalue weighted by molar-refractivity contribution is -0.379. The summed E-state index contributed by atoms with van der Waals surface area (Å²) in [6, 6.07) is -0.998. The smallest absolute Gasteiger partial charge is 0.220 e. The highest BCUT2D eigenvalue weighted by atomic mass is 16.8. The molecule has 3 heterocycles. The van der Waals surface area contributed by atoms with Crippen molar-refractivity contribution in [3.63, 3.8) is 0 Å². The maximum atomic E-state index is 13.5. The van der Waals surface area contributed by atoms with Gasteiger partial charge in [0, 0.05) is 6.42 Å². The van der Waals surface area contributed by atoms with Gasteiger partial charge in [0.2, 0.25) is 5.91 Å². The van der Waals surface area contributed by atoms with E-state index in [4.69, 9.17) is 28.4 Å². The van der Waals surface area contributed by atoms with Gasteiger partial charge in [-0.3, -0.25) is 4.79 Å². The first kappa shape index (κ1) is 89.9. The number of unbranched alkanes of at least 4 members (excludes halogenated alkanes) is 30. The van der Waals surface area contributed by atoms with E-state index < -0.39 is 124 Å². The van der Waals surface area contributed by atoms with Gasteiger partial charge in [0.15, 0.2) is 18.9 Å². The Labute approximate surface area is 596 Å². The fourth-order valence-electron chi connectivity index (χ4n) is 12.6. The average molecular weight is 1400 g/mol. The molecule has 3 aliphatic heterocycles. The average Bonchev–Trinajstić information content (AvgIpc) is 0.577. The van der Waals surface area contributed by atoms with Gasteiger partial charge in [-0.05, 0) is 83.5 Å². The summed E-state index contributed by atoms with van der Waals surface area (Å²) in [7, 11) is 0. The molecule has 17 unspecified atom stereocenters. The summed E-state index contributed by atoms with van der Waals surface area (Å²) < 4.78 is 34.4. The Morgan fingerprint density at radius 3 is 1.13 bits per heavy atom. The predicted molar refractivity (Wildman–Crippen MR) is 392 cm³/mol. The van der Waals surface area contributed by atoms with Gasteiger partial charge in [-0.25, -0.2) is 0 Å². The normalized spacial score (nSPS) is 27.1. The second kappa shape index (κ2) is 60.0. The topological polar surface area (TPSA) is 307 Å². The molecule has 0 aromatic heterocycles. The van der Waals surface area contributed by atoms with Crippen molar-refractivity contribution in [1.29, 1.82) is 0 Å². The molecule has 12 N–H and O–H groups in total. The van der Waals surface area contributed by atoms with Gasteiger partial charge in [-0.2, -0.15) is 0 Å². The van der Waals surface area contributed by atoms with E-state index in [9.17, 15) is 61.0 Å². The standard InChI is InChI=1S/C80H139NO18/c1-3-5-7-9-11-13-15-17-19-21-23-25-27-28-29-30-31-32-33-34-36-38-40-42-44-46-48-50-52-54-56-58-68(86)81-63(64(85)57-55-53-51-49-47-45-43-41-39-37-35-26-24-22-20-18-16-14-12-10-8-6-4-2)62-94-78-74(92)71(89)76(66(60-83)96-78)99-80-75(93)72(90)77(67(61-84)97-80)98-79-73(91)70(88)69(87)65(59-82)95-79/h5,7,11,13,17,19,23,25,28-29,31-32,47,49,55,57,63-67,69-80,82-85,87-93H,3-4,6,8-10,12,14-16,18,20-22,24,26-27,30,33-46,48,50-54,56,58-62H2,1-2H3,(H,81,86)/b7-5-,13-11-,19-17-,25-23-,29-28-,32-31-,49-47+,57-55+. The number of carbonyl (C=O) groups excluding carboxylic acids is 1. The monoisotopic (exact) mass is 1400 g/mol. The first-order chi connectivity index (χ1) is 48.3. The second-order valence-corrected chi connectivity index (χ2v) is 27.4. The molecule has 0 aliphatic carbocycles. The summed E-state index contributed by atoms with van der Waals surface area (Å²) in [5.41, 5.74) is 0. The third-order valence-corrected chi connectivity index (χ3v) is 18.9. The van der Waals surface area contributed by atoms with E-state index in [0.717, 1.165) is 89.9 Å². The summed E-state index contributed by atoms with van der Waals surface area (Å²) >= 11 is 0. The lowest BCUT2D eigenvalue weighted by atomic mass is 9.96. The fraction of sp³-hybridized carbons (Fsp3) is 0.787. The molecule has 0 bridgehead atoms. The van der Waals surface area contributed by atoms with Gasteiger partial charge in [0.1, 0.15) is 73.2 Å². The van der Waals surface area contributed by atoms with Crippen LogP contribution in [0.1, 0.15) is 271 Å². The van der Waals surface area contributed by atoms with Crippen LogP contribution in [0.2, 0.25) is 0 Å². The molecule has 0 radical (unpaired) electrons. The van der Waals surface area contributed by atoms with E-state index in [1.54, 1.807) is 6.08 Å². The van der Waals surface area contributed by atoms with Crippen molar-refractivity contribution in [3.8, 4) is 0 Å². The first-order valence-corrected chi connectivity index (χ1v) is 39.0. The highest BCUT2D eigenvalue weighted by molar-refractivity contribution is 5.76. The van der Waals surface area contributed by atoms with E-state index in [1.165, 1.54) is 148 Å². The number of rotatable bonds is 60. The third kappa shape index (κ3) is 40.5. The second-order valence-electron chi connectivity index (χ2n) is 27.4. The van der Waals surface area contributed by atoms with Gasteiger partial charge >= 0.3 is 0 Å². The number of allylic oxidation sites excluding steroid dienone is 15. The molecular weight excluding hydrogens is 1260 g/mol. The molecular formula is C80H139NO18. The van der Waals surface area contributed by atoms with E-state index in [0.29, 0.717) is 12.8 Å². The SMILES string of the molecule is CC/C=C\C/C=C\C/C=C\C/C=C\C/C=C\C/C=C\CCCCCCCCCCCCCCC(=O)NC(COC1OC(CO)C(OC2OC(CO)C(OC3OC(CO)C(O)C(O)C3O)C(O)C2O)C(O)C1O)C(O)/C=C/CC/C=C/CCCCCCCCCCCCCCCCCCC. The number of hydrogen-bond acceptors (Lipinski definition) is 18. The predicted octanol–water partition coefficient (Wildman–Crippen LogP) is 12.4. The molecule has 17 atom stereocenters. The largest absolute Gasteiger partial charge is 0.394 e. The Balaban J connectivity index is 1.40. The van der Waals surface area contributed by atoms with Gasteiger partial charge in [-0.1, -0.05) is 278 Å². The number of aliphatic hydroxyl groups is 11. The van der Waals surface area contributed by atoms with Crippen molar-refractivity contribution in [2.24, 2.45) is 0 Å². The Hall–Kier alpha value is -3.29. The zero-order valence-electron chi connectivity index (χ0n) is 60.9. The Kier molecular flexibility index (Phi) is 54.5. The van der Waals surface area contributed by atoms with Crippen LogP contribution in [0.4, 0.5) is 0 Å². The van der Waals surface area contributed by atoms with Gasteiger partial charge in [0.25, 0.3) is 0 Å². The van der Waals surface area contributed by atoms with Crippen LogP contribution in [0.5, 0.6) is 0 Å². The van der Waals surface area contributed by atoms with Crippen LogP contribution in [0.3, 0.4) is 0 Å². The Morgan fingerprint density at radius 2 is 0.707 bits per heavy atom. The van der Waals surface area contributed by atoms with Crippen LogP contribution in [-0.4, -0.2) is 193 Å². The van der Waals surface area contributed by atoms with Crippen molar-refractivity contribution in [1.82, 2.24) is 5.32 Å². The molecule has 0 spiro atoms. The summed E-state index contributed by atoms with van der Waals surface area (Å²) in [5, 5.41) is 121. The number of ether oxygens (including phenoxy) is 6. The third-order valence-electron chi connectivity index (χ3n) is 18.9. The van der Waals surface area contributed by atoms with E-state index in [-0.39, 0.29) is 18.9 Å². The summed E-state index contributed by atoms with van der Waals surface area (Å²) in [5.74, 6) is -0.289. The molecule has 3 fully saturated rings. The van der Waals surface area contributed by atoms with Crippen molar-refractivity contribution in [2.45, 2.75) is 375 Å². The molecule has 99 heavy (non-hydrogen) atoms. The Morgan fingerprint density at radius 1 is 0.374 bits per heavy atom. The highest BCUT2D eigenvalue weighted by Gasteiger charge is 2.53. The van der Waals surface area contributed by atoms with E-state index >= 15 is 0 Å². The molecule has 3 saturated heterocycles. The van der Waals surface area contributed by atoms with Crippen LogP contribution in [0.25, 0.3) is 0 Å². The molecule has 3 aliphatic rings. The molecule has 19 nitrogen and oxygen atoms in total. The minimum absolute atomic E-state index is 0.228. The fourth-order valence-corrected chi connectivity index (χ4v) is 12.6. The van der Waals surface area contributed by atoms with Crippen LogP contribution in [-0.2, 0) is 33.2 Å². The van der Waals surface area contributed by atoms with Crippen LogP contribution in [0, 0.1) is 0 Å². The molecule has 3 rings (SSSR count). The number of amides is 1. The van der Waals surface area contributed by atoms with E-state index in [1.807, 2.05) is 6.08 Å². The molecule has 0 saturated carbocycles. The number of carbonyl (C=O) groups is 1. The minimum atomic E-state index is -1.99. The molecule has 572 valence electrons. The minimum Gasteiger partial charge on any atom is -0.394 e. The Bertz CT molecular complexity index is 2170. The lowest BCUT2D eigenvalue weighted by Crippen LogP contribution is -2.66. The number of hydrogen-bond donors (Lipinski definition) is 12. The van der Waals surface area contributed by atoms with Crippen LogP contribution >= 0.6 is 0 Å². The van der Waals surface area contributed by atoms with E-state index in [2.05, 4.69) is 104 Å². The number of aliphatic hydroxyl groups excluding tert-OH is 11. The molecule has 0 aromatic carbocycles. The molecule has 1 amide bonds. The molecule has 0 aromatic rings. The lowest BCUT2D eigenvalue weighted by Gasteiger charge is -2.48. The quantitative estimate of drug-likeness (QED) is 0.0199. The van der Waals surface area contributed by atoms with Gasteiger partial charge in [-0.15, -0.1) is 0 Å². The summed E-state index contributed by atoms with van der Waals surface area (Å²) in [6.45, 7) is 1.62. The highest BCUT2D eigenvalue weighted by Crippen LogP contribution is 2.33. The maximum Gasteiger partial charge on any atom is 0.220 e. The van der Waals surface area contributed by atoms with Crippen LogP contribution < -0.4 is 5.32 Å². The van der Waals surface area contributed by atoms with Crippen molar-refractivity contribution in [2.75, 3.05) is 26.4 Å². The van der Waals surface area contributed by atoms with Gasteiger partial charge < -0.3 is 89.9 Å². The van der Waals surface area contributed by atoms with Crippen molar-refractivity contribution < 1.29 is 89.4 Å².